The van der Waals surface area contributed by atoms with Crippen LogP contribution in [0.25, 0.3) is 0 Å². The van der Waals surface area contributed by atoms with E-state index in [4.69, 9.17) is 14.6 Å². The van der Waals surface area contributed by atoms with Crippen LogP contribution < -0.4 is 0 Å². The number of carboxylic acid groups (broad SMARTS) is 1. The number of rotatable bonds is 3. The molecule has 1 aromatic carbocycles. The Morgan fingerprint density at radius 3 is 2.40 bits per heavy atom. The summed E-state index contributed by atoms with van der Waals surface area (Å²) in [5, 5.41) is 9.05. The quantitative estimate of drug-likeness (QED) is 0.762. The topological polar surface area (TPSA) is 59.1 Å². The monoisotopic (exact) mass is 208 g/mol. The predicted molar refractivity (Wildman–Crippen MR) is 52.3 cm³/mol. The maximum atomic E-state index is 11.1. The summed E-state index contributed by atoms with van der Waals surface area (Å²) >= 11 is 0. The van der Waals surface area contributed by atoms with Gasteiger partial charge in [0.05, 0.1) is 0 Å². The number of benzene rings is 1. The summed E-state index contributed by atoms with van der Waals surface area (Å²) in [6.45, 7) is 1.71. The molecule has 1 aromatic rings. The third-order valence-corrected chi connectivity index (χ3v) is 2.83. The molecule has 1 aliphatic heterocycles. The first kappa shape index (κ1) is 10.1. The van der Waals surface area contributed by atoms with Gasteiger partial charge < -0.3 is 14.6 Å². The molecular weight excluding hydrogens is 196 g/mol. The van der Waals surface area contributed by atoms with Crippen LogP contribution >= 0.6 is 0 Å². The molecule has 1 N–H and O–H groups in total. The zero-order valence-electron chi connectivity index (χ0n) is 8.56. The number of epoxide rings is 1. The van der Waals surface area contributed by atoms with Crippen molar-refractivity contribution in [3.8, 4) is 0 Å². The van der Waals surface area contributed by atoms with Crippen LogP contribution in [0.15, 0.2) is 30.3 Å². The van der Waals surface area contributed by atoms with Crippen LogP contribution in [0.3, 0.4) is 0 Å². The molecule has 0 spiro atoms. The van der Waals surface area contributed by atoms with Crippen LogP contribution in [-0.4, -0.2) is 24.0 Å². The molecule has 4 heteroatoms. The first-order valence-corrected chi connectivity index (χ1v) is 4.61. The van der Waals surface area contributed by atoms with Gasteiger partial charge in [0.25, 0.3) is 0 Å². The van der Waals surface area contributed by atoms with E-state index in [0.29, 0.717) is 0 Å². The fourth-order valence-corrected chi connectivity index (χ4v) is 1.84. The Kier molecular flexibility index (Phi) is 2.06. The Hall–Kier alpha value is -1.39. The van der Waals surface area contributed by atoms with Crippen molar-refractivity contribution in [2.75, 3.05) is 7.11 Å². The fraction of sp³-hybridized carbons (Fsp3) is 0.364. The molecule has 4 nitrogen and oxygen atoms in total. The maximum absolute atomic E-state index is 11.1. The molecule has 1 saturated heterocycles. The van der Waals surface area contributed by atoms with Gasteiger partial charge in [0.15, 0.2) is 5.60 Å². The second-order valence-electron chi connectivity index (χ2n) is 3.63. The molecule has 2 atom stereocenters. The van der Waals surface area contributed by atoms with E-state index in [1.54, 1.807) is 6.92 Å². The van der Waals surface area contributed by atoms with Crippen molar-refractivity contribution in [3.63, 3.8) is 0 Å². The highest BCUT2D eigenvalue weighted by atomic mass is 16.8. The molecule has 1 heterocycles. The van der Waals surface area contributed by atoms with Crippen molar-refractivity contribution in [2.24, 2.45) is 0 Å². The van der Waals surface area contributed by atoms with E-state index >= 15 is 0 Å². The van der Waals surface area contributed by atoms with E-state index in [0.717, 1.165) is 5.56 Å². The number of carbonyl (C=O) groups is 1. The van der Waals surface area contributed by atoms with Crippen LogP contribution in [0.5, 0.6) is 0 Å². The van der Waals surface area contributed by atoms with Gasteiger partial charge in [-0.2, -0.15) is 0 Å². The minimum atomic E-state index is -1.53. The number of hydrogen-bond acceptors (Lipinski definition) is 3. The van der Waals surface area contributed by atoms with E-state index in [-0.39, 0.29) is 0 Å². The van der Waals surface area contributed by atoms with Crippen molar-refractivity contribution in [2.45, 2.75) is 18.3 Å². The molecule has 0 unspecified atom stereocenters. The minimum absolute atomic E-state index is 0.800. The molecule has 0 aliphatic carbocycles. The van der Waals surface area contributed by atoms with Gasteiger partial charge in [0, 0.05) is 7.11 Å². The van der Waals surface area contributed by atoms with Gasteiger partial charge in [-0.3, -0.25) is 0 Å². The van der Waals surface area contributed by atoms with Gasteiger partial charge in [-0.25, -0.2) is 4.79 Å². The van der Waals surface area contributed by atoms with Gasteiger partial charge in [0.2, 0.25) is 0 Å². The second-order valence-corrected chi connectivity index (χ2v) is 3.63. The van der Waals surface area contributed by atoms with Crippen LogP contribution in [0.2, 0.25) is 0 Å². The lowest BCUT2D eigenvalue weighted by molar-refractivity contribution is -0.161. The van der Waals surface area contributed by atoms with E-state index in [9.17, 15) is 4.79 Å². The highest BCUT2D eigenvalue weighted by Crippen LogP contribution is 2.56. The standard InChI is InChI=1S/C11H12O4/c1-10(8-6-4-3-5-7-8)11(14-2,15-10)9(12)13/h3-7H,1-2H3,(H,12,13)/t10-,11-/m1/s1. The Labute approximate surface area is 87.4 Å². The number of methoxy groups -OCH3 is 1. The van der Waals surface area contributed by atoms with Crippen LogP contribution in [0, 0.1) is 0 Å². The van der Waals surface area contributed by atoms with E-state index in [1.807, 2.05) is 30.3 Å². The van der Waals surface area contributed by atoms with Gasteiger partial charge in [-0.05, 0) is 12.5 Å². The first-order valence-electron chi connectivity index (χ1n) is 4.61. The normalized spacial score (nSPS) is 33.7. The summed E-state index contributed by atoms with van der Waals surface area (Å²) in [6, 6.07) is 9.19. The van der Waals surface area contributed by atoms with Crippen LogP contribution in [0.1, 0.15) is 12.5 Å². The van der Waals surface area contributed by atoms with E-state index in [2.05, 4.69) is 0 Å². The summed E-state index contributed by atoms with van der Waals surface area (Å²) in [7, 11) is 1.34. The second kappa shape index (κ2) is 3.05. The Bertz CT molecular complexity index is 389. The van der Waals surface area contributed by atoms with Gasteiger partial charge in [-0.1, -0.05) is 30.3 Å². The smallest absolute Gasteiger partial charge is 0.368 e. The Morgan fingerprint density at radius 2 is 2.00 bits per heavy atom. The van der Waals surface area contributed by atoms with Crippen molar-refractivity contribution >= 4 is 5.97 Å². The van der Waals surface area contributed by atoms with Crippen LogP contribution in [-0.2, 0) is 19.9 Å². The molecule has 15 heavy (non-hydrogen) atoms. The highest BCUT2D eigenvalue weighted by molar-refractivity contribution is 5.81. The van der Waals surface area contributed by atoms with Crippen LogP contribution in [0.4, 0.5) is 0 Å². The molecule has 0 amide bonds. The molecule has 0 radical (unpaired) electrons. The predicted octanol–water partition coefficient (Wildman–Crippen LogP) is 1.36. The minimum Gasteiger partial charge on any atom is -0.477 e. The van der Waals surface area contributed by atoms with Crippen molar-refractivity contribution < 1.29 is 19.4 Å². The third kappa shape index (κ3) is 1.19. The van der Waals surface area contributed by atoms with Gasteiger partial charge in [-0.15, -0.1) is 0 Å². The molecule has 2 rings (SSSR count). The molecule has 80 valence electrons. The number of carboxylic acids is 1. The zero-order chi connectivity index (χ0) is 11.1. The fourth-order valence-electron chi connectivity index (χ4n) is 1.84. The largest absolute Gasteiger partial charge is 0.477 e. The summed E-state index contributed by atoms with van der Waals surface area (Å²) in [4.78, 5) is 11.1. The van der Waals surface area contributed by atoms with Crippen molar-refractivity contribution in [3.05, 3.63) is 35.9 Å². The number of hydrogen-bond donors (Lipinski definition) is 1. The molecule has 0 saturated carbocycles. The van der Waals surface area contributed by atoms with Gasteiger partial charge >= 0.3 is 11.8 Å². The Balaban J connectivity index is 2.37. The molecule has 0 bridgehead atoms. The molecule has 1 aliphatic rings. The first-order chi connectivity index (χ1) is 7.07. The zero-order valence-corrected chi connectivity index (χ0v) is 8.56. The summed E-state index contributed by atoms with van der Waals surface area (Å²) in [5.41, 5.74) is -0.0938. The number of ether oxygens (including phenoxy) is 2. The van der Waals surface area contributed by atoms with E-state index in [1.165, 1.54) is 7.11 Å². The summed E-state index contributed by atoms with van der Waals surface area (Å²) in [5.74, 6) is -2.63. The SMILES string of the molecule is CO[C@]1(C(=O)O)O[C@]1(C)c1ccccc1. The van der Waals surface area contributed by atoms with Gasteiger partial charge in [0.1, 0.15) is 0 Å². The Morgan fingerprint density at radius 1 is 1.40 bits per heavy atom. The molecular formula is C11H12O4. The van der Waals surface area contributed by atoms with E-state index < -0.39 is 17.4 Å². The summed E-state index contributed by atoms with van der Waals surface area (Å²) in [6.07, 6.45) is 0. The lowest BCUT2D eigenvalue weighted by Gasteiger charge is -2.11. The van der Waals surface area contributed by atoms with Crippen molar-refractivity contribution in [1.82, 2.24) is 0 Å². The average Bonchev–Trinajstić information content (AvgIpc) is 2.89. The number of aliphatic carboxylic acids is 1. The molecule has 0 aromatic heterocycles. The lowest BCUT2D eigenvalue weighted by Crippen LogP contribution is -2.33. The highest BCUT2D eigenvalue weighted by Gasteiger charge is 2.75. The summed E-state index contributed by atoms with van der Waals surface area (Å²) < 4.78 is 10.2. The van der Waals surface area contributed by atoms with Crippen molar-refractivity contribution in [1.29, 1.82) is 0 Å². The average molecular weight is 208 g/mol. The maximum Gasteiger partial charge on any atom is 0.368 e. The third-order valence-electron chi connectivity index (χ3n) is 2.83. The lowest BCUT2D eigenvalue weighted by atomic mass is 9.95. The molecule has 1 fully saturated rings.